The quantitative estimate of drug-likeness (QED) is 0.849. The van der Waals surface area contributed by atoms with Gasteiger partial charge in [-0.05, 0) is 37.6 Å². The second kappa shape index (κ2) is 5.67. The van der Waals surface area contributed by atoms with Crippen LogP contribution in [0, 0.1) is 5.82 Å². The Morgan fingerprint density at radius 1 is 1.37 bits per heavy atom. The standard InChI is InChI=1S/C14H20FN3O/c1-18-8-6-14(7-9-18,13(16)19)17-10-11-2-4-12(15)5-3-11/h2-5,17H,6-10H2,1H3,(H2,16,19). The van der Waals surface area contributed by atoms with E-state index in [0.717, 1.165) is 18.7 Å². The molecule has 1 amide bonds. The Kier molecular flexibility index (Phi) is 4.17. The molecule has 0 bridgehead atoms. The van der Waals surface area contributed by atoms with Crippen molar-refractivity contribution >= 4 is 5.91 Å². The molecule has 0 saturated carbocycles. The van der Waals surface area contributed by atoms with Gasteiger partial charge in [-0.25, -0.2) is 4.39 Å². The minimum Gasteiger partial charge on any atom is -0.368 e. The van der Waals surface area contributed by atoms with Crippen LogP contribution in [-0.4, -0.2) is 36.5 Å². The lowest BCUT2D eigenvalue weighted by Gasteiger charge is -2.39. The van der Waals surface area contributed by atoms with Crippen LogP contribution in [0.3, 0.4) is 0 Å². The maximum Gasteiger partial charge on any atom is 0.237 e. The Labute approximate surface area is 112 Å². The Morgan fingerprint density at radius 2 is 1.95 bits per heavy atom. The van der Waals surface area contributed by atoms with Crippen LogP contribution < -0.4 is 11.1 Å². The first kappa shape index (κ1) is 14.0. The highest BCUT2D eigenvalue weighted by Crippen LogP contribution is 2.22. The number of nitrogens with one attached hydrogen (secondary N) is 1. The van der Waals surface area contributed by atoms with E-state index in [2.05, 4.69) is 10.2 Å². The summed E-state index contributed by atoms with van der Waals surface area (Å²) in [7, 11) is 2.03. The Hall–Kier alpha value is -1.46. The molecule has 19 heavy (non-hydrogen) atoms. The molecule has 4 nitrogen and oxygen atoms in total. The van der Waals surface area contributed by atoms with Gasteiger partial charge in [0.05, 0.1) is 0 Å². The summed E-state index contributed by atoms with van der Waals surface area (Å²) in [6.07, 6.45) is 1.42. The minimum absolute atomic E-state index is 0.257. The van der Waals surface area contributed by atoms with E-state index in [4.69, 9.17) is 5.73 Å². The molecule has 1 fully saturated rings. The maximum absolute atomic E-state index is 12.8. The zero-order valence-electron chi connectivity index (χ0n) is 11.2. The van der Waals surface area contributed by atoms with Crippen LogP contribution in [0.1, 0.15) is 18.4 Å². The van der Waals surface area contributed by atoms with Gasteiger partial charge in [-0.2, -0.15) is 0 Å². The van der Waals surface area contributed by atoms with Crippen LogP contribution in [0.25, 0.3) is 0 Å². The molecule has 0 spiro atoms. The van der Waals surface area contributed by atoms with Crippen LogP contribution >= 0.6 is 0 Å². The molecule has 1 saturated heterocycles. The van der Waals surface area contributed by atoms with Crippen molar-refractivity contribution < 1.29 is 9.18 Å². The number of nitrogens with zero attached hydrogens (tertiary/aromatic N) is 1. The number of hydrogen-bond acceptors (Lipinski definition) is 3. The Bertz CT molecular complexity index is 439. The summed E-state index contributed by atoms with van der Waals surface area (Å²) >= 11 is 0. The first-order chi connectivity index (χ1) is 9.02. The van der Waals surface area contributed by atoms with Gasteiger partial charge in [0.25, 0.3) is 0 Å². The average molecular weight is 265 g/mol. The molecule has 0 unspecified atom stereocenters. The number of benzene rings is 1. The minimum atomic E-state index is -0.638. The lowest BCUT2D eigenvalue weighted by atomic mass is 9.86. The van der Waals surface area contributed by atoms with Crippen molar-refractivity contribution in [2.75, 3.05) is 20.1 Å². The normalized spacial score (nSPS) is 19.3. The summed E-state index contributed by atoms with van der Waals surface area (Å²) < 4.78 is 12.8. The molecule has 104 valence electrons. The summed E-state index contributed by atoms with van der Waals surface area (Å²) in [5.74, 6) is -0.560. The number of hydrogen-bond donors (Lipinski definition) is 2. The molecule has 0 aromatic heterocycles. The zero-order valence-corrected chi connectivity index (χ0v) is 11.2. The topological polar surface area (TPSA) is 58.4 Å². The van der Waals surface area contributed by atoms with E-state index in [1.54, 1.807) is 12.1 Å². The monoisotopic (exact) mass is 265 g/mol. The van der Waals surface area contributed by atoms with E-state index >= 15 is 0 Å². The molecular weight excluding hydrogens is 245 g/mol. The second-order valence-corrected chi connectivity index (χ2v) is 5.23. The third-order valence-corrected chi connectivity index (χ3v) is 3.86. The summed E-state index contributed by atoms with van der Waals surface area (Å²) in [5, 5.41) is 3.27. The van der Waals surface area contributed by atoms with Crippen molar-refractivity contribution in [3.8, 4) is 0 Å². The molecule has 0 aliphatic carbocycles. The first-order valence-electron chi connectivity index (χ1n) is 6.50. The van der Waals surface area contributed by atoms with Crippen molar-refractivity contribution in [2.24, 2.45) is 5.73 Å². The fraction of sp³-hybridized carbons (Fsp3) is 0.500. The van der Waals surface area contributed by atoms with Crippen molar-refractivity contribution in [1.82, 2.24) is 10.2 Å². The van der Waals surface area contributed by atoms with E-state index in [0.29, 0.717) is 19.4 Å². The number of carbonyl (C=O) groups excluding carboxylic acids is 1. The summed E-state index contributed by atoms with van der Waals surface area (Å²) in [6.45, 7) is 2.21. The molecule has 0 radical (unpaired) electrons. The fourth-order valence-electron chi connectivity index (χ4n) is 2.38. The summed E-state index contributed by atoms with van der Waals surface area (Å²) in [6, 6.07) is 6.27. The molecule has 1 aliphatic rings. The highest BCUT2D eigenvalue weighted by Gasteiger charge is 2.38. The van der Waals surface area contributed by atoms with Gasteiger partial charge in [-0.1, -0.05) is 12.1 Å². The van der Waals surface area contributed by atoms with E-state index in [9.17, 15) is 9.18 Å². The number of piperidine rings is 1. The lowest BCUT2D eigenvalue weighted by Crippen LogP contribution is -2.60. The predicted octanol–water partition coefficient (Wildman–Crippen LogP) is 0.865. The molecule has 1 aromatic rings. The van der Waals surface area contributed by atoms with E-state index < -0.39 is 5.54 Å². The lowest BCUT2D eigenvalue weighted by molar-refractivity contribution is -0.126. The molecule has 1 heterocycles. The first-order valence-corrected chi connectivity index (χ1v) is 6.50. The van der Waals surface area contributed by atoms with Gasteiger partial charge in [0.1, 0.15) is 11.4 Å². The molecular formula is C14H20FN3O. The highest BCUT2D eigenvalue weighted by atomic mass is 19.1. The number of likely N-dealkylation sites (tertiary alicyclic amines) is 1. The molecule has 2 rings (SSSR count). The smallest absolute Gasteiger partial charge is 0.237 e. The van der Waals surface area contributed by atoms with E-state index in [1.807, 2.05) is 7.05 Å². The molecule has 1 aromatic carbocycles. The van der Waals surface area contributed by atoms with Crippen LogP contribution in [0.5, 0.6) is 0 Å². The number of carbonyl (C=O) groups is 1. The Balaban J connectivity index is 2.01. The van der Waals surface area contributed by atoms with E-state index in [1.165, 1.54) is 12.1 Å². The van der Waals surface area contributed by atoms with Gasteiger partial charge in [-0.15, -0.1) is 0 Å². The van der Waals surface area contributed by atoms with Crippen molar-refractivity contribution in [3.63, 3.8) is 0 Å². The fourth-order valence-corrected chi connectivity index (χ4v) is 2.38. The second-order valence-electron chi connectivity index (χ2n) is 5.23. The van der Waals surface area contributed by atoms with Gasteiger partial charge >= 0.3 is 0 Å². The third-order valence-electron chi connectivity index (χ3n) is 3.86. The SMILES string of the molecule is CN1CCC(NCc2ccc(F)cc2)(C(N)=O)CC1. The van der Waals surface area contributed by atoms with Gasteiger partial charge in [0.15, 0.2) is 0 Å². The van der Waals surface area contributed by atoms with E-state index in [-0.39, 0.29) is 11.7 Å². The van der Waals surface area contributed by atoms with Crippen molar-refractivity contribution in [3.05, 3.63) is 35.6 Å². The van der Waals surface area contributed by atoms with Gasteiger partial charge in [0, 0.05) is 19.6 Å². The number of primary amides is 1. The van der Waals surface area contributed by atoms with Crippen LogP contribution in [0.4, 0.5) is 4.39 Å². The zero-order chi connectivity index (χ0) is 13.9. The Morgan fingerprint density at radius 3 is 2.47 bits per heavy atom. The molecule has 3 N–H and O–H groups in total. The van der Waals surface area contributed by atoms with Gasteiger partial charge in [0.2, 0.25) is 5.91 Å². The average Bonchev–Trinajstić information content (AvgIpc) is 2.40. The molecule has 5 heteroatoms. The summed E-state index contributed by atoms with van der Waals surface area (Å²) in [4.78, 5) is 13.9. The number of nitrogens with two attached hydrogens (primary N) is 1. The maximum atomic E-state index is 12.8. The number of halogens is 1. The van der Waals surface area contributed by atoms with Gasteiger partial charge in [-0.3, -0.25) is 10.1 Å². The van der Waals surface area contributed by atoms with Crippen molar-refractivity contribution in [1.29, 1.82) is 0 Å². The highest BCUT2D eigenvalue weighted by molar-refractivity contribution is 5.84. The van der Waals surface area contributed by atoms with Gasteiger partial charge < -0.3 is 10.6 Å². The molecule has 0 atom stereocenters. The largest absolute Gasteiger partial charge is 0.368 e. The van der Waals surface area contributed by atoms with Crippen LogP contribution in [0.15, 0.2) is 24.3 Å². The van der Waals surface area contributed by atoms with Crippen molar-refractivity contribution in [2.45, 2.75) is 24.9 Å². The summed E-state index contributed by atoms with van der Waals surface area (Å²) in [5.41, 5.74) is 5.86. The van der Waals surface area contributed by atoms with Crippen LogP contribution in [-0.2, 0) is 11.3 Å². The number of amides is 1. The number of rotatable bonds is 4. The van der Waals surface area contributed by atoms with Crippen LogP contribution in [0.2, 0.25) is 0 Å². The third kappa shape index (κ3) is 3.30. The predicted molar refractivity (Wildman–Crippen MR) is 71.9 cm³/mol. The molecule has 1 aliphatic heterocycles.